The van der Waals surface area contributed by atoms with Gasteiger partial charge in [-0.3, -0.25) is 9.69 Å². The highest BCUT2D eigenvalue weighted by Gasteiger charge is 2.17. The van der Waals surface area contributed by atoms with Gasteiger partial charge in [-0.05, 0) is 17.7 Å². The van der Waals surface area contributed by atoms with E-state index in [0.29, 0.717) is 11.4 Å². The Morgan fingerprint density at radius 1 is 1.30 bits per heavy atom. The largest absolute Gasteiger partial charge is 0.480 e. The van der Waals surface area contributed by atoms with E-state index in [0.717, 1.165) is 12.1 Å². The first-order valence-corrected chi connectivity index (χ1v) is 7.05. The summed E-state index contributed by atoms with van der Waals surface area (Å²) in [5.74, 6) is -2.07. The molecule has 0 unspecified atom stereocenters. The number of carboxylic acids is 1. The van der Waals surface area contributed by atoms with Gasteiger partial charge >= 0.3 is 5.97 Å². The second-order valence-corrected chi connectivity index (χ2v) is 5.49. The van der Waals surface area contributed by atoms with Crippen LogP contribution in [-0.2, 0) is 17.9 Å². The van der Waals surface area contributed by atoms with E-state index in [9.17, 15) is 13.6 Å². The molecule has 1 aromatic carbocycles. The van der Waals surface area contributed by atoms with E-state index < -0.39 is 17.6 Å². The Morgan fingerprint density at radius 3 is 2.61 bits per heavy atom. The Morgan fingerprint density at radius 2 is 2.04 bits per heavy atom. The molecule has 6 nitrogen and oxygen atoms in total. The lowest BCUT2D eigenvalue weighted by atomic mass is 10.2. The first-order chi connectivity index (χ1) is 10.8. The normalized spacial score (nSPS) is 11.4. The Balaban J connectivity index is 2.12. The van der Waals surface area contributed by atoms with Crippen LogP contribution in [0.1, 0.15) is 37.0 Å². The summed E-state index contributed by atoms with van der Waals surface area (Å²) in [5, 5.41) is 12.8. The third-order valence-corrected chi connectivity index (χ3v) is 3.11. The molecule has 2 aromatic rings. The van der Waals surface area contributed by atoms with E-state index in [4.69, 9.17) is 9.63 Å². The number of rotatable bonds is 7. The predicted octanol–water partition coefficient (Wildman–Crippen LogP) is 2.56. The summed E-state index contributed by atoms with van der Waals surface area (Å²) in [7, 11) is 0. The molecule has 0 aliphatic rings. The molecule has 0 atom stereocenters. The van der Waals surface area contributed by atoms with Gasteiger partial charge in [0.05, 0.1) is 13.1 Å². The van der Waals surface area contributed by atoms with Crippen LogP contribution in [0.25, 0.3) is 0 Å². The van der Waals surface area contributed by atoms with Crippen molar-refractivity contribution < 1.29 is 23.2 Å². The fourth-order valence-corrected chi connectivity index (χ4v) is 2.01. The molecule has 2 rings (SSSR count). The van der Waals surface area contributed by atoms with Crippen LogP contribution in [0.3, 0.4) is 0 Å². The maximum atomic E-state index is 13.3. The topological polar surface area (TPSA) is 79.5 Å². The molecule has 124 valence electrons. The minimum atomic E-state index is -1.05. The SMILES string of the molecule is CC(C)c1noc(CN(CC(=O)O)Cc2ccc(F)c(F)c2)n1. The van der Waals surface area contributed by atoms with Crippen LogP contribution in [0.4, 0.5) is 8.78 Å². The fourth-order valence-electron chi connectivity index (χ4n) is 2.01. The van der Waals surface area contributed by atoms with Crippen molar-refractivity contribution in [2.75, 3.05) is 6.54 Å². The van der Waals surface area contributed by atoms with Crippen LogP contribution in [0.5, 0.6) is 0 Å². The van der Waals surface area contributed by atoms with Gasteiger partial charge in [0.25, 0.3) is 0 Å². The Hall–Kier alpha value is -2.35. The molecule has 0 aliphatic heterocycles. The third kappa shape index (κ3) is 4.82. The van der Waals surface area contributed by atoms with Crippen LogP contribution in [0.15, 0.2) is 22.7 Å². The van der Waals surface area contributed by atoms with Crippen LogP contribution in [0, 0.1) is 11.6 Å². The van der Waals surface area contributed by atoms with E-state index in [-0.39, 0.29) is 31.4 Å². The van der Waals surface area contributed by atoms with Crippen molar-refractivity contribution >= 4 is 5.97 Å². The van der Waals surface area contributed by atoms with Gasteiger partial charge < -0.3 is 9.63 Å². The molecule has 0 saturated carbocycles. The molecule has 1 aromatic heterocycles. The van der Waals surface area contributed by atoms with Crippen molar-refractivity contribution in [1.82, 2.24) is 15.0 Å². The van der Waals surface area contributed by atoms with Crippen molar-refractivity contribution in [3.63, 3.8) is 0 Å². The van der Waals surface area contributed by atoms with Crippen LogP contribution in [-0.4, -0.2) is 32.7 Å². The van der Waals surface area contributed by atoms with E-state index in [1.807, 2.05) is 13.8 Å². The zero-order valence-corrected chi connectivity index (χ0v) is 12.8. The average molecular weight is 325 g/mol. The number of carboxylic acid groups (broad SMARTS) is 1. The van der Waals surface area contributed by atoms with Gasteiger partial charge in [-0.25, -0.2) is 8.78 Å². The molecule has 0 fully saturated rings. The minimum Gasteiger partial charge on any atom is -0.480 e. The summed E-state index contributed by atoms with van der Waals surface area (Å²) < 4.78 is 31.3. The van der Waals surface area contributed by atoms with Crippen molar-refractivity contribution in [2.24, 2.45) is 0 Å². The molecule has 0 saturated heterocycles. The highest BCUT2D eigenvalue weighted by molar-refractivity contribution is 5.69. The van der Waals surface area contributed by atoms with Crippen molar-refractivity contribution in [2.45, 2.75) is 32.9 Å². The lowest BCUT2D eigenvalue weighted by molar-refractivity contribution is -0.138. The Bertz CT molecular complexity index is 688. The van der Waals surface area contributed by atoms with Gasteiger partial charge in [0, 0.05) is 12.5 Å². The lowest BCUT2D eigenvalue weighted by Gasteiger charge is -2.18. The Labute approximate surface area is 131 Å². The Kier molecular flexibility index (Phi) is 5.38. The minimum absolute atomic E-state index is 0.0895. The number of hydrogen-bond donors (Lipinski definition) is 1. The lowest BCUT2D eigenvalue weighted by Crippen LogP contribution is -2.29. The van der Waals surface area contributed by atoms with Gasteiger partial charge in [0.1, 0.15) is 0 Å². The summed E-state index contributed by atoms with van der Waals surface area (Å²) in [6, 6.07) is 3.45. The van der Waals surface area contributed by atoms with E-state index >= 15 is 0 Å². The van der Waals surface area contributed by atoms with Crippen LogP contribution in [0.2, 0.25) is 0 Å². The summed E-state index contributed by atoms with van der Waals surface area (Å²) in [6.07, 6.45) is 0. The monoisotopic (exact) mass is 325 g/mol. The van der Waals surface area contributed by atoms with Gasteiger partial charge in [0.2, 0.25) is 5.89 Å². The highest BCUT2D eigenvalue weighted by Crippen LogP contribution is 2.14. The molecule has 1 heterocycles. The van der Waals surface area contributed by atoms with E-state index in [1.165, 1.54) is 11.0 Å². The molecule has 0 aliphatic carbocycles. The molecule has 23 heavy (non-hydrogen) atoms. The van der Waals surface area contributed by atoms with Gasteiger partial charge in [-0.1, -0.05) is 25.1 Å². The summed E-state index contributed by atoms with van der Waals surface area (Å²) in [4.78, 5) is 16.7. The molecule has 0 spiro atoms. The van der Waals surface area contributed by atoms with Crippen LogP contribution >= 0.6 is 0 Å². The molecular formula is C15H17F2N3O3. The maximum absolute atomic E-state index is 13.3. The molecule has 0 bridgehead atoms. The second kappa shape index (κ2) is 7.28. The summed E-state index contributed by atoms with van der Waals surface area (Å²) in [5.41, 5.74) is 0.453. The predicted molar refractivity (Wildman–Crippen MR) is 76.5 cm³/mol. The van der Waals surface area contributed by atoms with Gasteiger partial charge in [-0.15, -0.1) is 0 Å². The third-order valence-electron chi connectivity index (χ3n) is 3.11. The molecule has 0 amide bonds. The number of aliphatic carboxylic acids is 1. The van der Waals surface area contributed by atoms with Crippen molar-refractivity contribution in [1.29, 1.82) is 0 Å². The molecular weight excluding hydrogens is 308 g/mol. The van der Waals surface area contributed by atoms with Gasteiger partial charge in [0.15, 0.2) is 17.5 Å². The second-order valence-electron chi connectivity index (χ2n) is 5.49. The van der Waals surface area contributed by atoms with E-state index in [1.54, 1.807) is 0 Å². The zero-order chi connectivity index (χ0) is 17.0. The smallest absolute Gasteiger partial charge is 0.317 e. The number of carbonyl (C=O) groups is 1. The fraction of sp³-hybridized carbons (Fsp3) is 0.400. The highest BCUT2D eigenvalue weighted by atomic mass is 19.2. The van der Waals surface area contributed by atoms with Crippen LogP contribution < -0.4 is 0 Å². The molecule has 1 N–H and O–H groups in total. The van der Waals surface area contributed by atoms with Gasteiger partial charge in [-0.2, -0.15) is 4.98 Å². The molecule has 0 radical (unpaired) electrons. The van der Waals surface area contributed by atoms with Crippen molar-refractivity contribution in [3.8, 4) is 0 Å². The first-order valence-electron chi connectivity index (χ1n) is 7.05. The standard InChI is InChI=1S/C15H17F2N3O3/c1-9(2)15-18-13(23-19-15)7-20(8-14(21)22)6-10-3-4-11(16)12(17)5-10/h3-5,9H,6-8H2,1-2H3,(H,21,22). The maximum Gasteiger partial charge on any atom is 0.317 e. The number of aromatic nitrogens is 2. The number of hydrogen-bond acceptors (Lipinski definition) is 5. The van der Waals surface area contributed by atoms with Crippen molar-refractivity contribution in [3.05, 3.63) is 47.1 Å². The number of halogens is 2. The quantitative estimate of drug-likeness (QED) is 0.843. The number of nitrogens with zero attached hydrogens (tertiary/aromatic N) is 3. The summed E-state index contributed by atoms with van der Waals surface area (Å²) in [6.45, 7) is 3.74. The number of benzene rings is 1. The first kappa shape index (κ1) is 17.0. The molecule has 8 heteroatoms. The summed E-state index contributed by atoms with van der Waals surface area (Å²) >= 11 is 0. The zero-order valence-electron chi connectivity index (χ0n) is 12.8. The average Bonchev–Trinajstić information content (AvgIpc) is 2.91. The van der Waals surface area contributed by atoms with E-state index in [2.05, 4.69) is 10.1 Å².